The molecule has 0 bridgehead atoms. The molecule has 0 saturated carbocycles. The van der Waals surface area contributed by atoms with E-state index >= 15 is 0 Å². The van der Waals surface area contributed by atoms with Crippen LogP contribution in [-0.2, 0) is 0 Å². The molecule has 0 radical (unpaired) electrons. The van der Waals surface area contributed by atoms with Gasteiger partial charge in [0.2, 0.25) is 0 Å². The Balaban J connectivity index is 2.14. The molecule has 0 spiro atoms. The highest BCUT2D eigenvalue weighted by atomic mass is 79.9. The van der Waals surface area contributed by atoms with Gasteiger partial charge >= 0.3 is 0 Å². The van der Waals surface area contributed by atoms with Gasteiger partial charge in [0.1, 0.15) is 0 Å². The number of anilines is 1. The molecule has 0 fully saturated rings. The molecule has 0 aliphatic rings. The van der Waals surface area contributed by atoms with Crippen LogP contribution < -0.4 is 5.73 Å². The highest BCUT2D eigenvalue weighted by molar-refractivity contribution is 9.10. The Morgan fingerprint density at radius 3 is 2.63 bits per heavy atom. The van der Waals surface area contributed by atoms with Crippen molar-refractivity contribution in [3.63, 3.8) is 0 Å². The lowest BCUT2D eigenvalue weighted by atomic mass is 10.1. The topological polar surface area (TPSA) is 38.9 Å². The van der Waals surface area contributed by atoms with Gasteiger partial charge in [0, 0.05) is 21.1 Å². The largest absolute Gasteiger partial charge is 0.398 e. The Morgan fingerprint density at radius 2 is 1.84 bits per heavy atom. The maximum Gasteiger partial charge on any atom is 0.0710 e. The lowest BCUT2D eigenvalue weighted by molar-refractivity contribution is 1.38. The van der Waals surface area contributed by atoms with Crippen LogP contribution in [0.25, 0.3) is 22.2 Å². The Morgan fingerprint density at radius 1 is 1.00 bits per heavy atom. The molecule has 1 heterocycles. The fraction of sp³-hybridized carbons (Fsp3) is 0.0625. The van der Waals surface area contributed by atoms with E-state index in [0.29, 0.717) is 0 Å². The van der Waals surface area contributed by atoms with Crippen molar-refractivity contribution < 1.29 is 0 Å². The van der Waals surface area contributed by atoms with Gasteiger partial charge in [0.25, 0.3) is 0 Å². The number of benzene rings is 2. The van der Waals surface area contributed by atoms with Crippen molar-refractivity contribution in [3.05, 3.63) is 58.6 Å². The van der Waals surface area contributed by atoms with Crippen molar-refractivity contribution in [3.8, 4) is 11.3 Å². The van der Waals surface area contributed by atoms with Crippen molar-refractivity contribution in [2.24, 2.45) is 0 Å². The molecule has 19 heavy (non-hydrogen) atoms. The molecule has 94 valence electrons. The van der Waals surface area contributed by atoms with Crippen LogP contribution in [0.5, 0.6) is 0 Å². The van der Waals surface area contributed by atoms with E-state index in [9.17, 15) is 0 Å². The van der Waals surface area contributed by atoms with Crippen LogP contribution in [0.1, 0.15) is 5.56 Å². The minimum Gasteiger partial charge on any atom is -0.398 e. The van der Waals surface area contributed by atoms with Crippen molar-refractivity contribution in [2.45, 2.75) is 6.92 Å². The monoisotopic (exact) mass is 312 g/mol. The highest BCUT2D eigenvalue weighted by Crippen LogP contribution is 2.27. The Kier molecular flexibility index (Phi) is 2.99. The number of rotatable bonds is 1. The Labute approximate surface area is 120 Å². The van der Waals surface area contributed by atoms with E-state index in [0.717, 1.165) is 26.9 Å². The van der Waals surface area contributed by atoms with Crippen molar-refractivity contribution in [1.29, 1.82) is 0 Å². The molecule has 0 unspecified atom stereocenters. The summed E-state index contributed by atoms with van der Waals surface area (Å²) >= 11 is 3.45. The van der Waals surface area contributed by atoms with Gasteiger partial charge in [0.15, 0.2) is 0 Å². The van der Waals surface area contributed by atoms with Crippen LogP contribution in [0.3, 0.4) is 0 Å². The molecule has 2 nitrogen and oxygen atoms in total. The Hall–Kier alpha value is -1.87. The summed E-state index contributed by atoms with van der Waals surface area (Å²) in [5.74, 6) is 0. The summed E-state index contributed by atoms with van der Waals surface area (Å²) in [6.45, 7) is 2.09. The first-order chi connectivity index (χ1) is 9.13. The van der Waals surface area contributed by atoms with Crippen molar-refractivity contribution in [1.82, 2.24) is 4.98 Å². The molecule has 3 heteroatoms. The zero-order chi connectivity index (χ0) is 13.4. The number of pyridine rings is 1. The zero-order valence-corrected chi connectivity index (χ0v) is 12.1. The van der Waals surface area contributed by atoms with Crippen LogP contribution in [0.4, 0.5) is 5.69 Å². The van der Waals surface area contributed by atoms with Crippen LogP contribution in [0.2, 0.25) is 0 Å². The second-order valence-electron chi connectivity index (χ2n) is 4.63. The molecule has 2 N–H and O–H groups in total. The number of halogens is 1. The predicted octanol–water partition coefficient (Wildman–Crippen LogP) is 4.55. The molecule has 0 aliphatic heterocycles. The minimum atomic E-state index is 0.736. The summed E-state index contributed by atoms with van der Waals surface area (Å²) in [5, 5.41) is 1.17. The third-order valence-electron chi connectivity index (χ3n) is 3.14. The molecule has 3 rings (SSSR count). The average Bonchev–Trinajstić information content (AvgIpc) is 2.41. The van der Waals surface area contributed by atoms with Gasteiger partial charge in [-0.3, -0.25) is 0 Å². The minimum absolute atomic E-state index is 0.736. The average molecular weight is 313 g/mol. The summed E-state index contributed by atoms with van der Waals surface area (Å²) in [7, 11) is 0. The maximum absolute atomic E-state index is 5.81. The third kappa shape index (κ3) is 2.34. The van der Waals surface area contributed by atoms with Crippen molar-refractivity contribution >= 4 is 32.5 Å². The zero-order valence-electron chi connectivity index (χ0n) is 10.5. The number of aromatic nitrogens is 1. The van der Waals surface area contributed by atoms with Gasteiger partial charge < -0.3 is 5.73 Å². The van der Waals surface area contributed by atoms with Gasteiger partial charge in [-0.25, -0.2) is 4.98 Å². The van der Waals surface area contributed by atoms with Gasteiger partial charge in [-0.1, -0.05) is 23.8 Å². The number of hydrogen-bond acceptors (Lipinski definition) is 2. The summed E-state index contributed by atoms with van der Waals surface area (Å²) in [6.07, 6.45) is 0. The number of fused-ring (bicyclic) bond motifs is 1. The number of aryl methyl sites for hydroxylation is 1. The molecule has 2 aromatic carbocycles. The number of nitrogens with two attached hydrogens (primary N) is 1. The second-order valence-corrected chi connectivity index (χ2v) is 5.48. The van der Waals surface area contributed by atoms with Gasteiger partial charge in [0.05, 0.1) is 11.2 Å². The number of nitrogen functional groups attached to an aromatic ring is 1. The van der Waals surface area contributed by atoms with E-state index in [4.69, 9.17) is 10.7 Å². The summed E-state index contributed by atoms with van der Waals surface area (Å²) in [4.78, 5) is 4.70. The maximum atomic E-state index is 5.81. The van der Waals surface area contributed by atoms with Crippen LogP contribution in [-0.4, -0.2) is 4.98 Å². The Bertz CT molecular complexity index is 766. The lowest BCUT2D eigenvalue weighted by Crippen LogP contribution is -1.89. The molecule has 3 aromatic rings. The summed E-state index contributed by atoms with van der Waals surface area (Å²) < 4.78 is 0.899. The SMILES string of the molecule is Cc1ccc2nc(-c3ccc(N)c(Br)c3)ccc2c1. The smallest absolute Gasteiger partial charge is 0.0710 e. The summed E-state index contributed by atoms with van der Waals surface area (Å²) in [6, 6.07) is 16.3. The van der Waals surface area contributed by atoms with E-state index in [1.54, 1.807) is 0 Å². The molecule has 0 aliphatic carbocycles. The molecule has 0 saturated heterocycles. The first-order valence-electron chi connectivity index (χ1n) is 6.06. The van der Waals surface area contributed by atoms with E-state index in [-0.39, 0.29) is 0 Å². The number of nitrogens with zero attached hydrogens (tertiary/aromatic N) is 1. The normalized spacial score (nSPS) is 10.8. The molecular weight excluding hydrogens is 300 g/mol. The van der Waals surface area contributed by atoms with Gasteiger partial charge in [-0.15, -0.1) is 0 Å². The molecule has 0 amide bonds. The van der Waals surface area contributed by atoms with E-state index in [1.165, 1.54) is 10.9 Å². The highest BCUT2D eigenvalue weighted by Gasteiger charge is 2.04. The lowest BCUT2D eigenvalue weighted by Gasteiger charge is -2.06. The summed E-state index contributed by atoms with van der Waals surface area (Å²) in [5.41, 5.74) is 10.8. The van der Waals surface area contributed by atoms with Crippen LogP contribution in [0, 0.1) is 6.92 Å². The van der Waals surface area contributed by atoms with Gasteiger partial charge in [-0.2, -0.15) is 0 Å². The van der Waals surface area contributed by atoms with Crippen LogP contribution >= 0.6 is 15.9 Å². The molecule has 1 aromatic heterocycles. The third-order valence-corrected chi connectivity index (χ3v) is 3.83. The van der Waals surface area contributed by atoms with Crippen molar-refractivity contribution in [2.75, 3.05) is 5.73 Å². The standard InChI is InChI=1S/C16H13BrN2/c1-10-2-6-15-11(8-10)4-7-16(19-15)12-3-5-14(18)13(17)9-12/h2-9H,18H2,1H3. The molecular formula is C16H13BrN2. The van der Waals surface area contributed by atoms with E-state index in [1.807, 2.05) is 24.3 Å². The first-order valence-corrected chi connectivity index (χ1v) is 6.85. The van der Waals surface area contributed by atoms with E-state index in [2.05, 4.69) is 47.1 Å². The fourth-order valence-corrected chi connectivity index (χ4v) is 2.47. The van der Waals surface area contributed by atoms with Gasteiger partial charge in [-0.05, 0) is 53.2 Å². The predicted molar refractivity (Wildman–Crippen MR) is 84.0 cm³/mol. The first kappa shape index (κ1) is 12.2. The second kappa shape index (κ2) is 4.67. The fourth-order valence-electron chi connectivity index (χ4n) is 2.09. The quantitative estimate of drug-likeness (QED) is 0.669. The van der Waals surface area contributed by atoms with Crippen LogP contribution in [0.15, 0.2) is 53.0 Å². The number of hydrogen-bond donors (Lipinski definition) is 1. The molecule has 0 atom stereocenters. The van der Waals surface area contributed by atoms with E-state index < -0.39 is 0 Å².